The zero-order chi connectivity index (χ0) is 13.5. The van der Waals surface area contributed by atoms with Crippen LogP contribution in [0.2, 0.25) is 0 Å². The Balaban J connectivity index is 2.73. The fourth-order valence-corrected chi connectivity index (χ4v) is 1.48. The zero-order valence-corrected chi connectivity index (χ0v) is 10.6. The number of anilines is 1. The predicted molar refractivity (Wildman–Crippen MR) is 69.0 cm³/mol. The van der Waals surface area contributed by atoms with Crippen molar-refractivity contribution in [3.8, 4) is 6.07 Å². The lowest BCUT2D eigenvalue weighted by atomic mass is 10.2. The molecule has 0 aliphatic heterocycles. The number of hydrogen-bond acceptors (Lipinski definition) is 4. The Kier molecular flexibility index (Phi) is 5.31. The number of para-hydroxylation sites is 1. The Morgan fingerprint density at radius 2 is 2.22 bits per heavy atom. The summed E-state index contributed by atoms with van der Waals surface area (Å²) in [7, 11) is 1.76. The molecule has 18 heavy (non-hydrogen) atoms. The van der Waals surface area contributed by atoms with Gasteiger partial charge in [-0.25, -0.2) is 0 Å². The van der Waals surface area contributed by atoms with Gasteiger partial charge in [-0.1, -0.05) is 12.1 Å². The number of carbonyl (C=O) groups is 1. The molecule has 0 heterocycles. The van der Waals surface area contributed by atoms with Crippen molar-refractivity contribution in [3.05, 3.63) is 29.8 Å². The number of rotatable bonds is 5. The average molecular weight is 247 g/mol. The third kappa shape index (κ3) is 3.55. The number of amides is 1. The summed E-state index contributed by atoms with van der Waals surface area (Å²) in [5, 5.41) is 20.5. The van der Waals surface area contributed by atoms with E-state index in [1.54, 1.807) is 43.1 Å². The first-order chi connectivity index (χ1) is 8.60. The van der Waals surface area contributed by atoms with E-state index in [-0.39, 0.29) is 18.6 Å². The van der Waals surface area contributed by atoms with E-state index in [4.69, 9.17) is 10.4 Å². The van der Waals surface area contributed by atoms with Crippen molar-refractivity contribution >= 4 is 11.6 Å². The van der Waals surface area contributed by atoms with E-state index >= 15 is 0 Å². The molecule has 0 aliphatic rings. The molecule has 0 bridgehead atoms. The molecule has 5 nitrogen and oxygen atoms in total. The summed E-state index contributed by atoms with van der Waals surface area (Å²) in [5.41, 5.74) is 0.942. The molecular formula is C13H17N3O2. The zero-order valence-electron chi connectivity index (χ0n) is 10.6. The molecular weight excluding hydrogens is 230 g/mol. The van der Waals surface area contributed by atoms with E-state index in [9.17, 15) is 4.79 Å². The van der Waals surface area contributed by atoms with Crippen molar-refractivity contribution in [1.29, 1.82) is 5.26 Å². The van der Waals surface area contributed by atoms with Gasteiger partial charge in [-0.2, -0.15) is 5.26 Å². The number of aliphatic hydroxyl groups excluding tert-OH is 1. The summed E-state index contributed by atoms with van der Waals surface area (Å²) in [6.45, 7) is 2.18. The maximum absolute atomic E-state index is 12.0. The van der Waals surface area contributed by atoms with Gasteiger partial charge in [-0.05, 0) is 26.1 Å². The summed E-state index contributed by atoms with van der Waals surface area (Å²) >= 11 is 0. The van der Waals surface area contributed by atoms with Crippen LogP contribution in [-0.4, -0.2) is 42.2 Å². The molecule has 0 saturated heterocycles. The van der Waals surface area contributed by atoms with Gasteiger partial charge in [0.25, 0.3) is 0 Å². The van der Waals surface area contributed by atoms with Crippen molar-refractivity contribution < 1.29 is 9.90 Å². The molecule has 1 aromatic rings. The van der Waals surface area contributed by atoms with Crippen LogP contribution in [0.3, 0.4) is 0 Å². The number of likely N-dealkylation sites (N-methyl/N-ethyl adjacent to an activating group) is 1. The van der Waals surface area contributed by atoms with Crippen LogP contribution in [0.5, 0.6) is 0 Å². The van der Waals surface area contributed by atoms with Gasteiger partial charge in [0.2, 0.25) is 5.91 Å². The van der Waals surface area contributed by atoms with Crippen molar-refractivity contribution in [2.24, 2.45) is 0 Å². The number of nitriles is 1. The quantitative estimate of drug-likeness (QED) is 0.807. The largest absolute Gasteiger partial charge is 0.395 e. The number of hydrogen-bond donors (Lipinski definition) is 2. The van der Waals surface area contributed by atoms with E-state index in [2.05, 4.69) is 5.32 Å². The molecule has 2 N–H and O–H groups in total. The van der Waals surface area contributed by atoms with E-state index in [0.717, 1.165) is 0 Å². The molecule has 0 radical (unpaired) electrons. The van der Waals surface area contributed by atoms with Crippen molar-refractivity contribution in [2.75, 3.05) is 25.5 Å². The van der Waals surface area contributed by atoms with Gasteiger partial charge in [0.05, 0.1) is 23.9 Å². The van der Waals surface area contributed by atoms with Crippen LogP contribution in [0.1, 0.15) is 12.5 Å². The fraction of sp³-hybridized carbons (Fsp3) is 0.385. The summed E-state index contributed by atoms with van der Waals surface area (Å²) in [6, 6.07) is 8.50. The molecule has 0 aromatic heterocycles. The van der Waals surface area contributed by atoms with Gasteiger partial charge in [0.1, 0.15) is 6.07 Å². The highest BCUT2D eigenvalue weighted by Crippen LogP contribution is 2.14. The third-order valence-electron chi connectivity index (χ3n) is 2.80. The van der Waals surface area contributed by atoms with Gasteiger partial charge >= 0.3 is 0 Å². The Labute approximate surface area is 107 Å². The smallest absolute Gasteiger partial charge is 0.241 e. The molecule has 1 aromatic carbocycles. The number of carbonyl (C=O) groups excluding carboxylic acids is 1. The second kappa shape index (κ2) is 6.74. The Morgan fingerprint density at radius 1 is 1.56 bits per heavy atom. The molecule has 1 rings (SSSR count). The van der Waals surface area contributed by atoms with Gasteiger partial charge in [-0.3, -0.25) is 9.69 Å². The minimum atomic E-state index is -0.371. The van der Waals surface area contributed by atoms with Crippen LogP contribution < -0.4 is 5.32 Å². The van der Waals surface area contributed by atoms with Crippen molar-refractivity contribution in [1.82, 2.24) is 4.90 Å². The summed E-state index contributed by atoms with van der Waals surface area (Å²) < 4.78 is 0. The van der Waals surface area contributed by atoms with Crippen LogP contribution in [-0.2, 0) is 4.79 Å². The van der Waals surface area contributed by atoms with Gasteiger partial charge < -0.3 is 10.4 Å². The van der Waals surface area contributed by atoms with Gasteiger partial charge in [0, 0.05) is 6.54 Å². The van der Waals surface area contributed by atoms with Crippen molar-refractivity contribution in [3.63, 3.8) is 0 Å². The molecule has 1 amide bonds. The first-order valence-electron chi connectivity index (χ1n) is 5.71. The van der Waals surface area contributed by atoms with E-state index in [1.807, 2.05) is 6.07 Å². The SMILES string of the molecule is CC(C(=O)Nc1ccccc1C#N)N(C)CCO. The van der Waals surface area contributed by atoms with E-state index in [1.165, 1.54) is 0 Å². The molecule has 1 atom stereocenters. The van der Waals surface area contributed by atoms with Crippen LogP contribution in [0.25, 0.3) is 0 Å². The molecule has 0 aliphatic carbocycles. The van der Waals surface area contributed by atoms with Gasteiger partial charge in [0.15, 0.2) is 0 Å². The molecule has 96 valence electrons. The topological polar surface area (TPSA) is 76.4 Å². The van der Waals surface area contributed by atoms with Crippen LogP contribution in [0, 0.1) is 11.3 Å². The molecule has 1 unspecified atom stereocenters. The summed E-state index contributed by atoms with van der Waals surface area (Å²) in [4.78, 5) is 13.7. The fourth-order valence-electron chi connectivity index (χ4n) is 1.48. The first kappa shape index (κ1) is 14.2. The predicted octanol–water partition coefficient (Wildman–Crippen LogP) is 0.809. The lowest BCUT2D eigenvalue weighted by Gasteiger charge is -2.23. The maximum Gasteiger partial charge on any atom is 0.241 e. The number of benzene rings is 1. The highest BCUT2D eigenvalue weighted by Gasteiger charge is 2.18. The Bertz CT molecular complexity index is 454. The third-order valence-corrected chi connectivity index (χ3v) is 2.80. The number of aliphatic hydroxyl groups is 1. The van der Waals surface area contributed by atoms with E-state index < -0.39 is 0 Å². The summed E-state index contributed by atoms with van der Waals surface area (Å²) in [5.74, 6) is -0.200. The number of nitrogens with one attached hydrogen (secondary N) is 1. The Hall–Kier alpha value is -1.90. The molecule has 0 fully saturated rings. The average Bonchev–Trinajstić information content (AvgIpc) is 2.38. The lowest BCUT2D eigenvalue weighted by Crippen LogP contribution is -2.41. The Morgan fingerprint density at radius 3 is 2.83 bits per heavy atom. The standard InChI is InChI=1S/C13H17N3O2/c1-10(16(2)7-8-17)13(18)15-12-6-4-3-5-11(12)9-14/h3-6,10,17H,7-8H2,1-2H3,(H,15,18). The van der Waals surface area contributed by atoms with Crippen LogP contribution >= 0.6 is 0 Å². The second-order valence-corrected chi connectivity index (χ2v) is 4.03. The normalized spacial score (nSPS) is 11.9. The highest BCUT2D eigenvalue weighted by molar-refractivity contribution is 5.95. The highest BCUT2D eigenvalue weighted by atomic mass is 16.3. The molecule has 0 saturated carbocycles. The van der Waals surface area contributed by atoms with Crippen molar-refractivity contribution in [2.45, 2.75) is 13.0 Å². The van der Waals surface area contributed by atoms with E-state index in [0.29, 0.717) is 17.8 Å². The monoisotopic (exact) mass is 247 g/mol. The molecule has 0 spiro atoms. The summed E-state index contributed by atoms with van der Waals surface area (Å²) in [6.07, 6.45) is 0. The minimum absolute atomic E-state index is 0.00288. The first-order valence-corrected chi connectivity index (χ1v) is 5.71. The lowest BCUT2D eigenvalue weighted by molar-refractivity contribution is -0.120. The maximum atomic E-state index is 12.0. The van der Waals surface area contributed by atoms with Crippen LogP contribution in [0.4, 0.5) is 5.69 Å². The second-order valence-electron chi connectivity index (χ2n) is 4.03. The van der Waals surface area contributed by atoms with Gasteiger partial charge in [-0.15, -0.1) is 0 Å². The number of nitrogens with zero attached hydrogens (tertiary/aromatic N) is 2. The van der Waals surface area contributed by atoms with Crippen LogP contribution in [0.15, 0.2) is 24.3 Å². The molecule has 5 heteroatoms. The minimum Gasteiger partial charge on any atom is -0.395 e.